The van der Waals surface area contributed by atoms with Crippen LogP contribution in [0.1, 0.15) is 64.6 Å². The van der Waals surface area contributed by atoms with Crippen molar-refractivity contribution in [2.75, 3.05) is 19.6 Å². The molecule has 160 valence electrons. The third-order valence-electron chi connectivity index (χ3n) is 6.64. The van der Waals surface area contributed by atoms with Gasteiger partial charge in [-0.1, -0.05) is 19.1 Å². The van der Waals surface area contributed by atoms with Gasteiger partial charge in [-0.2, -0.15) is 0 Å². The van der Waals surface area contributed by atoms with Crippen molar-refractivity contribution in [3.05, 3.63) is 58.2 Å². The van der Waals surface area contributed by atoms with Crippen LogP contribution in [-0.2, 0) is 0 Å². The molecule has 3 heterocycles. The Morgan fingerprint density at radius 3 is 2.47 bits per heavy atom. The van der Waals surface area contributed by atoms with Crippen LogP contribution < -0.4 is 5.32 Å². The van der Waals surface area contributed by atoms with E-state index < -0.39 is 0 Å². The molecular formula is C25H32N2O3. The topological polar surface area (TPSA) is 58.6 Å². The maximum absolute atomic E-state index is 13.1. The predicted octanol–water partition coefficient (Wildman–Crippen LogP) is 5.46. The van der Waals surface area contributed by atoms with E-state index in [-0.39, 0.29) is 11.9 Å². The minimum Gasteiger partial charge on any atom is -0.465 e. The summed E-state index contributed by atoms with van der Waals surface area (Å²) in [6.07, 6.45) is 2.34. The first-order valence-electron chi connectivity index (χ1n) is 10.9. The van der Waals surface area contributed by atoms with Gasteiger partial charge in [0.15, 0.2) is 5.76 Å². The average molecular weight is 409 g/mol. The second kappa shape index (κ2) is 8.31. The van der Waals surface area contributed by atoms with Gasteiger partial charge in [0.05, 0.1) is 6.04 Å². The lowest BCUT2D eigenvalue weighted by Gasteiger charge is -2.35. The number of amides is 1. The molecule has 30 heavy (non-hydrogen) atoms. The summed E-state index contributed by atoms with van der Waals surface area (Å²) in [6.45, 7) is 12.8. The number of fused-ring (bicyclic) bond motifs is 1. The van der Waals surface area contributed by atoms with Crippen LogP contribution in [-0.4, -0.2) is 30.4 Å². The summed E-state index contributed by atoms with van der Waals surface area (Å²) in [5, 5.41) is 4.12. The molecule has 0 bridgehead atoms. The number of benzene rings is 1. The lowest BCUT2D eigenvalue weighted by atomic mass is 9.97. The Morgan fingerprint density at radius 2 is 1.80 bits per heavy atom. The molecule has 2 aromatic heterocycles. The van der Waals surface area contributed by atoms with Crippen LogP contribution in [0.5, 0.6) is 0 Å². The van der Waals surface area contributed by atoms with Gasteiger partial charge in [-0.05, 0) is 82.8 Å². The predicted molar refractivity (Wildman–Crippen MR) is 119 cm³/mol. The van der Waals surface area contributed by atoms with E-state index in [0.29, 0.717) is 12.3 Å². The van der Waals surface area contributed by atoms with E-state index in [1.54, 1.807) is 0 Å². The van der Waals surface area contributed by atoms with Gasteiger partial charge in [-0.25, -0.2) is 0 Å². The molecule has 1 aliphatic rings. The first-order chi connectivity index (χ1) is 14.3. The fraction of sp³-hybridized carbons (Fsp3) is 0.480. The zero-order valence-electron chi connectivity index (χ0n) is 18.7. The third-order valence-corrected chi connectivity index (χ3v) is 6.64. The van der Waals surface area contributed by atoms with E-state index in [9.17, 15) is 4.79 Å². The van der Waals surface area contributed by atoms with Gasteiger partial charge in [-0.15, -0.1) is 0 Å². The van der Waals surface area contributed by atoms with Crippen molar-refractivity contribution < 1.29 is 13.6 Å². The molecule has 1 atom stereocenters. The van der Waals surface area contributed by atoms with E-state index in [4.69, 9.17) is 8.83 Å². The van der Waals surface area contributed by atoms with Crippen molar-refractivity contribution in [1.29, 1.82) is 0 Å². The maximum Gasteiger partial charge on any atom is 0.287 e. The zero-order chi connectivity index (χ0) is 21.4. The Labute approximate surface area is 178 Å². The van der Waals surface area contributed by atoms with Gasteiger partial charge in [0.2, 0.25) is 0 Å². The first kappa shape index (κ1) is 20.7. The molecule has 0 saturated carbocycles. The fourth-order valence-corrected chi connectivity index (χ4v) is 4.39. The van der Waals surface area contributed by atoms with Crippen LogP contribution in [0.4, 0.5) is 0 Å². The van der Waals surface area contributed by atoms with Crippen LogP contribution in [0.15, 0.2) is 33.1 Å². The van der Waals surface area contributed by atoms with Gasteiger partial charge >= 0.3 is 0 Å². The highest BCUT2D eigenvalue weighted by Crippen LogP contribution is 2.30. The highest BCUT2D eigenvalue weighted by atomic mass is 16.3. The number of hydrogen-bond donors (Lipinski definition) is 1. The van der Waals surface area contributed by atoms with Crippen molar-refractivity contribution >= 4 is 16.9 Å². The molecule has 0 unspecified atom stereocenters. The molecule has 1 N–H and O–H groups in total. The molecule has 1 saturated heterocycles. The highest BCUT2D eigenvalue weighted by molar-refractivity contribution is 5.99. The molecule has 5 heteroatoms. The molecule has 1 amide bonds. The number of aryl methyl sites for hydroxylation is 4. The molecule has 0 radical (unpaired) electrons. The summed E-state index contributed by atoms with van der Waals surface area (Å²) in [6, 6.07) is 8.17. The van der Waals surface area contributed by atoms with Gasteiger partial charge in [0, 0.05) is 17.5 Å². The maximum atomic E-state index is 13.1. The molecule has 3 aromatic rings. The van der Waals surface area contributed by atoms with Gasteiger partial charge < -0.3 is 14.2 Å². The summed E-state index contributed by atoms with van der Waals surface area (Å²) in [5.41, 5.74) is 3.94. The van der Waals surface area contributed by atoms with Crippen LogP contribution in [0.3, 0.4) is 0 Å². The molecule has 1 aliphatic heterocycles. The zero-order valence-corrected chi connectivity index (χ0v) is 18.7. The Morgan fingerprint density at radius 1 is 1.07 bits per heavy atom. The van der Waals surface area contributed by atoms with E-state index in [1.807, 2.05) is 39.0 Å². The van der Waals surface area contributed by atoms with Crippen molar-refractivity contribution in [1.82, 2.24) is 10.2 Å². The number of nitrogens with one attached hydrogen (secondary N) is 1. The molecule has 0 spiro atoms. The number of carbonyl (C=O) groups excluding carboxylic acids is 1. The number of likely N-dealkylation sites (tertiary alicyclic amines) is 1. The first-order valence-corrected chi connectivity index (χ1v) is 10.9. The van der Waals surface area contributed by atoms with E-state index in [0.717, 1.165) is 58.2 Å². The number of furan rings is 2. The van der Waals surface area contributed by atoms with Crippen LogP contribution in [0.25, 0.3) is 11.0 Å². The summed E-state index contributed by atoms with van der Waals surface area (Å²) < 4.78 is 12.0. The van der Waals surface area contributed by atoms with Gasteiger partial charge in [-0.3, -0.25) is 9.69 Å². The quantitative estimate of drug-likeness (QED) is 0.609. The monoisotopic (exact) mass is 408 g/mol. The van der Waals surface area contributed by atoms with Crippen molar-refractivity contribution in [2.45, 2.75) is 53.5 Å². The van der Waals surface area contributed by atoms with E-state index in [2.05, 4.69) is 30.1 Å². The number of rotatable bonds is 5. The SMILES string of the molecule is Cc1ccc([C@@H](CNC(=O)c2oc3c(C)c(C)ccc3c2C)N2CCC(C)CC2)o1. The number of carbonyl (C=O) groups is 1. The Hall–Kier alpha value is -2.53. The largest absolute Gasteiger partial charge is 0.465 e. The lowest BCUT2D eigenvalue weighted by Crippen LogP contribution is -2.41. The molecule has 5 nitrogen and oxygen atoms in total. The summed E-state index contributed by atoms with van der Waals surface area (Å²) in [5.74, 6) is 2.79. The highest BCUT2D eigenvalue weighted by Gasteiger charge is 2.28. The van der Waals surface area contributed by atoms with Crippen molar-refractivity contribution in [3.8, 4) is 0 Å². The second-order valence-corrected chi connectivity index (χ2v) is 8.83. The average Bonchev–Trinajstić information content (AvgIpc) is 3.30. The third kappa shape index (κ3) is 3.91. The Bertz CT molecular complexity index is 1050. The molecule has 1 fully saturated rings. The number of nitrogens with zero attached hydrogens (tertiary/aromatic N) is 1. The summed E-state index contributed by atoms with van der Waals surface area (Å²) in [4.78, 5) is 15.5. The van der Waals surface area contributed by atoms with Crippen molar-refractivity contribution in [2.24, 2.45) is 5.92 Å². The summed E-state index contributed by atoms with van der Waals surface area (Å²) >= 11 is 0. The standard InChI is InChI=1S/C25H32N2O3/c1-15-10-12-27(13-11-15)21(22-9-7-17(3)29-22)14-26-25(28)24-19(5)20-8-6-16(2)18(4)23(20)30-24/h6-9,15,21H,10-14H2,1-5H3,(H,26,28)/t21-/m1/s1. The van der Waals surface area contributed by atoms with Gasteiger partial charge in [0.25, 0.3) is 5.91 Å². The molecule has 1 aromatic carbocycles. The Balaban J connectivity index is 1.55. The minimum absolute atomic E-state index is 0.0313. The summed E-state index contributed by atoms with van der Waals surface area (Å²) in [7, 11) is 0. The lowest BCUT2D eigenvalue weighted by molar-refractivity contribution is 0.0871. The van der Waals surface area contributed by atoms with E-state index in [1.165, 1.54) is 12.8 Å². The Kier molecular flexibility index (Phi) is 5.74. The smallest absolute Gasteiger partial charge is 0.287 e. The molecule has 0 aliphatic carbocycles. The van der Waals surface area contributed by atoms with E-state index >= 15 is 0 Å². The minimum atomic E-state index is -0.167. The second-order valence-electron chi connectivity index (χ2n) is 8.83. The normalized spacial score (nSPS) is 16.8. The van der Waals surface area contributed by atoms with Crippen molar-refractivity contribution in [3.63, 3.8) is 0 Å². The number of hydrogen-bond acceptors (Lipinski definition) is 4. The number of piperidine rings is 1. The van der Waals surface area contributed by atoms with Gasteiger partial charge in [0.1, 0.15) is 17.1 Å². The van der Waals surface area contributed by atoms with Crippen LogP contribution in [0, 0.1) is 33.6 Å². The molecule has 4 rings (SSSR count). The molecular weight excluding hydrogens is 376 g/mol. The van der Waals surface area contributed by atoms with Crippen LogP contribution in [0.2, 0.25) is 0 Å². The fourth-order valence-electron chi connectivity index (χ4n) is 4.39. The van der Waals surface area contributed by atoms with Crippen LogP contribution >= 0.6 is 0 Å².